The van der Waals surface area contributed by atoms with Crippen LogP contribution in [0, 0.1) is 22.7 Å². The number of carbonyl (C=O) groups excluding carboxylic acids is 2. The van der Waals surface area contributed by atoms with Crippen molar-refractivity contribution in [3.8, 4) is 23.0 Å². The predicted molar refractivity (Wildman–Crippen MR) is 170 cm³/mol. The molecule has 4 unspecified atom stereocenters. The molecule has 2 aromatic rings. The average Bonchev–Trinajstić information content (AvgIpc) is 2.89. The Morgan fingerprint density at radius 3 is 1.10 bits per heavy atom. The summed E-state index contributed by atoms with van der Waals surface area (Å²) in [6.45, 7) is 17.4. The van der Waals surface area contributed by atoms with Crippen LogP contribution < -0.4 is 18.9 Å². The van der Waals surface area contributed by atoms with E-state index in [1.807, 2.05) is 12.1 Å². The molecule has 0 fully saturated rings. The topological polar surface area (TPSA) is 71.1 Å². The molecular weight excluding hydrogens is 535 g/mol. The third-order valence-electron chi connectivity index (χ3n) is 7.28. The van der Waals surface area contributed by atoms with Crippen molar-refractivity contribution in [1.82, 2.24) is 0 Å². The normalized spacial score (nSPS) is 15.2. The molecule has 0 heterocycles. The molecule has 41 heavy (non-hydrogen) atoms. The summed E-state index contributed by atoms with van der Waals surface area (Å²) in [7, 11) is 6.28. The highest BCUT2D eigenvalue weighted by atomic mass is 31.1. The summed E-state index contributed by atoms with van der Waals surface area (Å²) in [5.41, 5.74) is 0.0133. The molecule has 0 aromatic heterocycles. The first-order valence-corrected chi connectivity index (χ1v) is 15.5. The molecule has 0 bridgehead atoms. The molecule has 0 saturated carbocycles. The van der Waals surface area contributed by atoms with Gasteiger partial charge in [-0.2, -0.15) is 0 Å². The van der Waals surface area contributed by atoms with E-state index in [1.54, 1.807) is 52.7 Å². The monoisotopic (exact) mass is 586 g/mol. The first kappa shape index (κ1) is 34.6. The average molecular weight is 587 g/mol. The molecule has 0 aliphatic heterocycles. The molecule has 0 saturated heterocycles. The first-order valence-electron chi connectivity index (χ1n) is 14.3. The Labute approximate surface area is 249 Å². The van der Waals surface area contributed by atoms with Crippen LogP contribution in [-0.4, -0.2) is 51.3 Å². The summed E-state index contributed by atoms with van der Waals surface area (Å²) in [6.07, 6.45) is 1.64. The second-order valence-corrected chi connectivity index (χ2v) is 15.0. The zero-order valence-electron chi connectivity index (χ0n) is 27.1. The fraction of sp³-hybridized carbons (Fsp3) is 0.588. The van der Waals surface area contributed by atoms with Gasteiger partial charge < -0.3 is 18.9 Å². The Morgan fingerprint density at radius 1 is 0.610 bits per heavy atom. The number of Topliss-reactive ketones (excluding diaryl/α,β-unsaturated/α-hetero) is 2. The van der Waals surface area contributed by atoms with Crippen LogP contribution in [0.3, 0.4) is 0 Å². The lowest BCUT2D eigenvalue weighted by Crippen LogP contribution is -2.35. The van der Waals surface area contributed by atoms with Gasteiger partial charge in [0.15, 0.2) is 11.6 Å². The molecule has 2 aromatic carbocycles. The second kappa shape index (κ2) is 14.5. The van der Waals surface area contributed by atoms with E-state index in [-0.39, 0.29) is 42.8 Å². The molecule has 6 nitrogen and oxygen atoms in total. The minimum absolute atomic E-state index is 0.00428. The summed E-state index contributed by atoms with van der Waals surface area (Å²) in [5, 5.41) is 0. The van der Waals surface area contributed by atoms with Crippen molar-refractivity contribution < 1.29 is 28.5 Å². The Kier molecular flexibility index (Phi) is 12.3. The molecule has 7 heteroatoms. The van der Waals surface area contributed by atoms with Crippen LogP contribution in [0.5, 0.6) is 23.0 Å². The SMILES string of the molecule is COc1cccc(OC)c1C(=O)C(PC(C(=O)c1c(OC)cccc1OC)C(C)CC(C)(C)C)C(C)CC(C)(C)C. The van der Waals surface area contributed by atoms with Gasteiger partial charge in [-0.1, -0.05) is 76.1 Å². The van der Waals surface area contributed by atoms with Crippen LogP contribution >= 0.6 is 8.58 Å². The van der Waals surface area contributed by atoms with Gasteiger partial charge in [-0.25, -0.2) is 0 Å². The van der Waals surface area contributed by atoms with E-state index < -0.39 is 11.3 Å². The van der Waals surface area contributed by atoms with Gasteiger partial charge >= 0.3 is 0 Å². The summed E-state index contributed by atoms with van der Waals surface area (Å²) in [6, 6.07) is 10.8. The number of benzene rings is 2. The highest BCUT2D eigenvalue weighted by Crippen LogP contribution is 2.47. The van der Waals surface area contributed by atoms with Gasteiger partial charge in [0.25, 0.3) is 0 Å². The van der Waals surface area contributed by atoms with Gasteiger partial charge in [-0.15, -0.1) is 0 Å². The van der Waals surface area contributed by atoms with E-state index >= 15 is 0 Å². The molecule has 0 aliphatic rings. The van der Waals surface area contributed by atoms with Crippen molar-refractivity contribution in [2.75, 3.05) is 28.4 Å². The quantitative estimate of drug-likeness (QED) is 0.164. The van der Waals surface area contributed by atoms with Gasteiger partial charge in [-0.05, 0) is 59.8 Å². The lowest BCUT2D eigenvalue weighted by molar-refractivity contribution is 0.0949. The van der Waals surface area contributed by atoms with Gasteiger partial charge in [0.2, 0.25) is 0 Å². The van der Waals surface area contributed by atoms with Crippen molar-refractivity contribution >= 4 is 20.1 Å². The van der Waals surface area contributed by atoms with E-state index in [0.29, 0.717) is 34.1 Å². The zero-order valence-corrected chi connectivity index (χ0v) is 28.1. The van der Waals surface area contributed by atoms with E-state index in [9.17, 15) is 9.59 Å². The smallest absolute Gasteiger partial charge is 0.177 e. The van der Waals surface area contributed by atoms with Crippen LogP contribution in [0.2, 0.25) is 0 Å². The second-order valence-electron chi connectivity index (χ2n) is 13.4. The van der Waals surface area contributed by atoms with Crippen LogP contribution in [0.4, 0.5) is 0 Å². The van der Waals surface area contributed by atoms with Crippen molar-refractivity contribution in [3.63, 3.8) is 0 Å². The zero-order chi connectivity index (χ0) is 31.1. The minimum Gasteiger partial charge on any atom is -0.496 e. The number of hydrogen-bond acceptors (Lipinski definition) is 6. The largest absolute Gasteiger partial charge is 0.496 e. The summed E-state index contributed by atoms with van der Waals surface area (Å²) >= 11 is 0. The van der Waals surface area contributed by atoms with Crippen LogP contribution in [-0.2, 0) is 0 Å². The van der Waals surface area contributed by atoms with E-state index in [0.717, 1.165) is 12.8 Å². The fourth-order valence-corrected chi connectivity index (χ4v) is 7.73. The minimum atomic E-state index is -0.420. The molecule has 0 amide bonds. The summed E-state index contributed by atoms with van der Waals surface area (Å²) < 4.78 is 22.6. The van der Waals surface area contributed by atoms with Gasteiger partial charge in [-0.3, -0.25) is 9.59 Å². The Balaban J connectivity index is 2.75. The first-order chi connectivity index (χ1) is 19.1. The van der Waals surface area contributed by atoms with Crippen molar-refractivity contribution in [3.05, 3.63) is 47.5 Å². The fourth-order valence-electron chi connectivity index (χ4n) is 5.86. The van der Waals surface area contributed by atoms with Crippen LogP contribution in [0.25, 0.3) is 0 Å². The molecule has 4 atom stereocenters. The molecular formula is C34H51O6P. The number of methoxy groups -OCH3 is 4. The number of hydrogen-bond donors (Lipinski definition) is 0. The molecule has 0 spiro atoms. The highest BCUT2D eigenvalue weighted by molar-refractivity contribution is 7.42. The molecule has 2 rings (SSSR count). The predicted octanol–water partition coefficient (Wildman–Crippen LogP) is 8.35. The van der Waals surface area contributed by atoms with Crippen LogP contribution in [0.15, 0.2) is 36.4 Å². The van der Waals surface area contributed by atoms with E-state index in [2.05, 4.69) is 55.4 Å². The number of ether oxygens (including phenoxy) is 4. The number of ketones is 2. The lowest BCUT2D eigenvalue weighted by Gasteiger charge is -2.35. The Morgan fingerprint density at radius 2 is 0.878 bits per heavy atom. The summed E-state index contributed by atoms with van der Waals surface area (Å²) in [4.78, 5) is 29.1. The van der Waals surface area contributed by atoms with E-state index in [1.165, 1.54) is 0 Å². The van der Waals surface area contributed by atoms with Gasteiger partial charge in [0.05, 0.1) is 28.4 Å². The standard InChI is InChI=1S/C34H51O6P/c1-21(19-33(3,4)5)31(29(35)27-23(37-9)15-13-16-24(27)38-10)41-32(22(2)20-34(6,7)8)30(36)28-25(39-11)17-14-18-26(28)40-12/h13-18,21-22,31-32,41H,19-20H2,1-12H3. The van der Waals surface area contributed by atoms with Crippen molar-refractivity contribution in [2.45, 2.75) is 79.5 Å². The maximum Gasteiger partial charge on any atom is 0.177 e. The van der Waals surface area contributed by atoms with Gasteiger partial charge in [0, 0.05) is 11.3 Å². The van der Waals surface area contributed by atoms with Crippen molar-refractivity contribution in [2.24, 2.45) is 22.7 Å². The maximum atomic E-state index is 14.6. The molecule has 0 radical (unpaired) electrons. The van der Waals surface area contributed by atoms with Crippen LogP contribution in [0.1, 0.15) is 88.9 Å². The van der Waals surface area contributed by atoms with Crippen molar-refractivity contribution in [1.29, 1.82) is 0 Å². The third-order valence-corrected chi connectivity index (χ3v) is 9.66. The number of carbonyl (C=O) groups is 2. The summed E-state index contributed by atoms with van der Waals surface area (Å²) in [5.74, 6) is 1.81. The Bertz CT molecular complexity index is 1040. The molecule has 0 aliphatic carbocycles. The highest BCUT2D eigenvalue weighted by Gasteiger charge is 2.40. The van der Waals surface area contributed by atoms with Gasteiger partial charge in [0.1, 0.15) is 34.1 Å². The third kappa shape index (κ3) is 9.20. The lowest BCUT2D eigenvalue weighted by atomic mass is 9.82. The van der Waals surface area contributed by atoms with E-state index in [4.69, 9.17) is 18.9 Å². The number of rotatable bonds is 14. The Hall–Kier alpha value is -2.59. The molecule has 228 valence electrons. The molecule has 0 N–H and O–H groups in total. The maximum absolute atomic E-state index is 14.6.